The van der Waals surface area contributed by atoms with Crippen LogP contribution in [0.3, 0.4) is 0 Å². The Morgan fingerprint density at radius 3 is 2.94 bits per heavy atom. The van der Waals surface area contributed by atoms with Gasteiger partial charge < -0.3 is 10.3 Å². The second-order valence-electron chi connectivity index (χ2n) is 3.78. The number of aryl methyl sites for hydroxylation is 1. The minimum Gasteiger partial charge on any atom is -0.399 e. The summed E-state index contributed by atoms with van der Waals surface area (Å²) in [4.78, 5) is 8.49. The molecule has 3 aromatic rings. The number of nitrogens with two attached hydrogens (primary N) is 1. The lowest BCUT2D eigenvalue weighted by molar-refractivity contribution is 0.787. The summed E-state index contributed by atoms with van der Waals surface area (Å²) in [6.07, 6.45) is 3.19. The summed E-state index contributed by atoms with van der Waals surface area (Å²) in [5.74, 6) is 0. The Hall–Kier alpha value is -2.15. The molecule has 2 aromatic heterocycles. The van der Waals surface area contributed by atoms with Crippen LogP contribution in [0.5, 0.6) is 0 Å². The van der Waals surface area contributed by atoms with Crippen molar-refractivity contribution in [3.8, 4) is 0 Å². The predicted molar refractivity (Wildman–Crippen MR) is 69.1 cm³/mol. The number of nitrogen functional groups attached to an aromatic ring is 1. The molecule has 2 heterocycles. The van der Waals surface area contributed by atoms with Crippen molar-refractivity contribution in [1.29, 1.82) is 0 Å². The average Bonchev–Trinajstić information content (AvgIpc) is 2.76. The summed E-state index contributed by atoms with van der Waals surface area (Å²) < 4.78 is 1.84. The van der Waals surface area contributed by atoms with Crippen LogP contribution >= 0.6 is 11.8 Å². The highest BCUT2D eigenvalue weighted by Crippen LogP contribution is 2.30. The van der Waals surface area contributed by atoms with Gasteiger partial charge in [0.15, 0.2) is 5.16 Å². The number of aromatic nitrogens is 5. The first-order valence-corrected chi connectivity index (χ1v) is 6.08. The normalized spacial score (nSPS) is 10.9. The molecule has 18 heavy (non-hydrogen) atoms. The van der Waals surface area contributed by atoms with Crippen molar-refractivity contribution in [2.45, 2.75) is 10.2 Å². The van der Waals surface area contributed by atoms with E-state index in [-0.39, 0.29) is 0 Å². The molecule has 90 valence electrons. The lowest BCUT2D eigenvalue weighted by atomic mass is 10.2. The molecular weight excluding hydrogens is 248 g/mol. The van der Waals surface area contributed by atoms with E-state index in [4.69, 9.17) is 5.73 Å². The first-order valence-electron chi connectivity index (χ1n) is 5.26. The maximum absolute atomic E-state index is 5.80. The van der Waals surface area contributed by atoms with E-state index in [0.717, 1.165) is 21.1 Å². The standard InChI is InChI=1S/C11H10N6S/c1-17-6-15-16-11(17)18-10-8-4-7(12)2-3-9(8)13-5-14-10/h2-6H,12H2,1H3. The lowest BCUT2D eigenvalue weighted by Crippen LogP contribution is -1.93. The zero-order valence-electron chi connectivity index (χ0n) is 9.61. The van der Waals surface area contributed by atoms with Crippen LogP contribution in [0.25, 0.3) is 10.9 Å². The third-order valence-electron chi connectivity index (χ3n) is 2.48. The molecule has 1 aromatic carbocycles. The molecule has 7 heteroatoms. The zero-order chi connectivity index (χ0) is 12.5. The SMILES string of the molecule is Cn1cnnc1Sc1ncnc2ccc(N)cc12. The van der Waals surface area contributed by atoms with Gasteiger partial charge in [-0.1, -0.05) is 0 Å². The Morgan fingerprint density at radius 2 is 2.17 bits per heavy atom. The summed E-state index contributed by atoms with van der Waals surface area (Å²) >= 11 is 1.44. The van der Waals surface area contributed by atoms with Gasteiger partial charge in [-0.2, -0.15) is 0 Å². The maximum Gasteiger partial charge on any atom is 0.197 e. The largest absolute Gasteiger partial charge is 0.399 e. The average molecular weight is 258 g/mol. The number of nitrogens with zero attached hydrogens (tertiary/aromatic N) is 5. The van der Waals surface area contributed by atoms with Gasteiger partial charge in [-0.15, -0.1) is 10.2 Å². The van der Waals surface area contributed by atoms with Crippen molar-refractivity contribution in [3.63, 3.8) is 0 Å². The van der Waals surface area contributed by atoms with Crippen molar-refractivity contribution >= 4 is 28.4 Å². The molecule has 0 aliphatic rings. The molecule has 0 radical (unpaired) electrons. The molecule has 0 bridgehead atoms. The minimum atomic E-state index is 0.692. The summed E-state index contributed by atoms with van der Waals surface area (Å²) in [5, 5.41) is 10.4. The summed E-state index contributed by atoms with van der Waals surface area (Å²) in [5.41, 5.74) is 7.35. The van der Waals surface area contributed by atoms with Crippen LogP contribution in [0.1, 0.15) is 0 Å². The highest BCUT2D eigenvalue weighted by Gasteiger charge is 2.09. The van der Waals surface area contributed by atoms with E-state index in [0.29, 0.717) is 5.69 Å². The van der Waals surface area contributed by atoms with E-state index in [1.807, 2.05) is 29.8 Å². The fraction of sp³-hybridized carbons (Fsp3) is 0.0909. The fourth-order valence-electron chi connectivity index (χ4n) is 1.58. The van der Waals surface area contributed by atoms with Gasteiger partial charge in [0.05, 0.1) is 5.52 Å². The minimum absolute atomic E-state index is 0.692. The van der Waals surface area contributed by atoms with Crippen LogP contribution < -0.4 is 5.73 Å². The number of hydrogen-bond acceptors (Lipinski definition) is 6. The summed E-state index contributed by atoms with van der Waals surface area (Å²) in [6, 6.07) is 5.58. The van der Waals surface area contributed by atoms with Gasteiger partial charge in [0.2, 0.25) is 0 Å². The second kappa shape index (κ2) is 4.26. The van der Waals surface area contributed by atoms with Crippen LogP contribution in [-0.4, -0.2) is 24.7 Å². The molecular formula is C11H10N6S. The number of benzene rings is 1. The van der Waals surface area contributed by atoms with Crippen molar-refractivity contribution in [3.05, 3.63) is 30.9 Å². The number of hydrogen-bond donors (Lipinski definition) is 1. The van der Waals surface area contributed by atoms with E-state index in [1.54, 1.807) is 6.33 Å². The monoisotopic (exact) mass is 258 g/mol. The van der Waals surface area contributed by atoms with Crippen LogP contribution in [-0.2, 0) is 7.05 Å². The predicted octanol–water partition coefficient (Wildman–Crippen LogP) is 1.49. The van der Waals surface area contributed by atoms with Crippen LogP contribution in [0.15, 0.2) is 41.0 Å². The van der Waals surface area contributed by atoms with Gasteiger partial charge in [0.1, 0.15) is 17.7 Å². The Bertz CT molecular complexity index is 708. The molecule has 0 aliphatic carbocycles. The highest BCUT2D eigenvalue weighted by atomic mass is 32.2. The zero-order valence-corrected chi connectivity index (χ0v) is 10.4. The molecule has 2 N–H and O–H groups in total. The molecule has 0 spiro atoms. The van der Waals surface area contributed by atoms with E-state index >= 15 is 0 Å². The van der Waals surface area contributed by atoms with E-state index in [9.17, 15) is 0 Å². The van der Waals surface area contributed by atoms with E-state index in [1.165, 1.54) is 18.1 Å². The Balaban J connectivity index is 2.11. The third-order valence-corrected chi connectivity index (χ3v) is 3.55. The van der Waals surface area contributed by atoms with Crippen molar-refractivity contribution in [2.24, 2.45) is 7.05 Å². The number of fused-ring (bicyclic) bond motifs is 1. The Morgan fingerprint density at radius 1 is 1.28 bits per heavy atom. The molecule has 0 unspecified atom stereocenters. The fourth-order valence-corrected chi connectivity index (χ4v) is 2.41. The van der Waals surface area contributed by atoms with Gasteiger partial charge in [-0.25, -0.2) is 9.97 Å². The van der Waals surface area contributed by atoms with Gasteiger partial charge in [0, 0.05) is 18.1 Å². The molecule has 0 saturated heterocycles. The van der Waals surface area contributed by atoms with Gasteiger partial charge in [0.25, 0.3) is 0 Å². The van der Waals surface area contributed by atoms with Crippen LogP contribution in [0.4, 0.5) is 5.69 Å². The summed E-state index contributed by atoms with van der Waals surface area (Å²) in [7, 11) is 1.89. The van der Waals surface area contributed by atoms with E-state index in [2.05, 4.69) is 20.2 Å². The van der Waals surface area contributed by atoms with Crippen LogP contribution in [0, 0.1) is 0 Å². The maximum atomic E-state index is 5.80. The molecule has 6 nitrogen and oxygen atoms in total. The quantitative estimate of drug-likeness (QED) is 0.554. The molecule has 0 amide bonds. The lowest BCUT2D eigenvalue weighted by Gasteiger charge is -2.04. The first-order chi connectivity index (χ1) is 8.74. The molecule has 0 fully saturated rings. The van der Waals surface area contributed by atoms with Gasteiger partial charge in [-0.05, 0) is 30.0 Å². The van der Waals surface area contributed by atoms with Crippen LogP contribution in [0.2, 0.25) is 0 Å². The number of anilines is 1. The van der Waals surface area contributed by atoms with Gasteiger partial charge in [-0.3, -0.25) is 0 Å². The van der Waals surface area contributed by atoms with Gasteiger partial charge >= 0.3 is 0 Å². The number of rotatable bonds is 2. The Kier molecular flexibility index (Phi) is 2.60. The van der Waals surface area contributed by atoms with Crippen molar-refractivity contribution in [1.82, 2.24) is 24.7 Å². The smallest absolute Gasteiger partial charge is 0.197 e. The highest BCUT2D eigenvalue weighted by molar-refractivity contribution is 7.99. The third kappa shape index (κ3) is 1.88. The second-order valence-corrected chi connectivity index (χ2v) is 4.74. The van der Waals surface area contributed by atoms with E-state index < -0.39 is 0 Å². The molecule has 3 rings (SSSR count). The summed E-state index contributed by atoms with van der Waals surface area (Å²) in [6.45, 7) is 0. The molecule has 0 aliphatic heterocycles. The Labute approximate surface area is 107 Å². The first kappa shape index (κ1) is 11.0. The van der Waals surface area contributed by atoms with Crippen molar-refractivity contribution < 1.29 is 0 Å². The van der Waals surface area contributed by atoms with Crippen molar-refractivity contribution in [2.75, 3.05) is 5.73 Å². The topological polar surface area (TPSA) is 82.5 Å². The molecule has 0 atom stereocenters. The molecule has 0 saturated carbocycles.